The lowest BCUT2D eigenvalue weighted by molar-refractivity contribution is -0.117. The highest BCUT2D eigenvalue weighted by Gasteiger charge is 2.32. The number of anilines is 1. The summed E-state index contributed by atoms with van der Waals surface area (Å²) in [5.74, 6) is -0.961. The fraction of sp³-hybridized carbons (Fsp3) is 0.200. The second kappa shape index (κ2) is 3.98. The van der Waals surface area contributed by atoms with Crippen LogP contribution in [0.2, 0.25) is 0 Å². The summed E-state index contributed by atoms with van der Waals surface area (Å²) in [5, 5.41) is -1.93. The number of rotatable bonds is 3. The molecule has 1 atom stereocenters. The van der Waals surface area contributed by atoms with Crippen molar-refractivity contribution in [2.24, 2.45) is 5.73 Å². The third-order valence-corrected chi connectivity index (χ3v) is 4.33. The Morgan fingerprint density at radius 1 is 1.44 bits per heavy atom. The van der Waals surface area contributed by atoms with E-state index in [1.54, 1.807) is 6.07 Å². The summed E-state index contributed by atoms with van der Waals surface area (Å²) < 4.78 is 29.0. The lowest BCUT2D eigenvalue weighted by Crippen LogP contribution is -2.33. The first-order valence-corrected chi connectivity index (χ1v) is 6.56. The van der Waals surface area contributed by atoms with Crippen LogP contribution in [0.25, 0.3) is 11.1 Å². The van der Waals surface area contributed by atoms with Crippen LogP contribution in [0, 0.1) is 0 Å². The van der Waals surface area contributed by atoms with Crippen molar-refractivity contribution in [1.29, 1.82) is 0 Å². The molecular weight excluding hydrogens is 258 g/mol. The van der Waals surface area contributed by atoms with E-state index >= 15 is 0 Å². The molecule has 1 unspecified atom stereocenters. The minimum atomic E-state index is -4.01. The van der Waals surface area contributed by atoms with Crippen molar-refractivity contribution < 1.29 is 17.6 Å². The smallest absolute Gasteiger partial charge is 0.316 e. The number of hydrogen-bond donors (Lipinski definition) is 2. The van der Waals surface area contributed by atoms with Gasteiger partial charge in [-0.25, -0.2) is 8.42 Å². The molecule has 1 aromatic heterocycles. The van der Waals surface area contributed by atoms with Crippen LogP contribution in [-0.4, -0.2) is 24.6 Å². The first kappa shape index (κ1) is 12.4. The van der Waals surface area contributed by atoms with E-state index < -0.39 is 26.2 Å². The molecule has 2 rings (SSSR count). The molecule has 0 spiro atoms. The lowest BCUT2D eigenvalue weighted by Gasteiger charge is -2.04. The zero-order valence-electron chi connectivity index (χ0n) is 9.45. The van der Waals surface area contributed by atoms with Crippen molar-refractivity contribution in [2.45, 2.75) is 17.4 Å². The molecular formula is C10H11N3O4S. The van der Waals surface area contributed by atoms with Crippen LogP contribution in [0.1, 0.15) is 6.92 Å². The zero-order valence-corrected chi connectivity index (χ0v) is 10.3. The Hall–Kier alpha value is -2.09. The topological polar surface area (TPSA) is 129 Å². The standard InChI is InChI=1S/C10H11N3O4S/c1-5(9(12)14)18(15,16)10-13-7-4-6(11)2-3-8(7)17-10/h2-5H,11H2,1H3,(H2,12,14). The number of amides is 1. The van der Waals surface area contributed by atoms with Gasteiger partial charge in [-0.1, -0.05) is 0 Å². The van der Waals surface area contributed by atoms with Gasteiger partial charge in [0.25, 0.3) is 0 Å². The first-order valence-electron chi connectivity index (χ1n) is 5.01. The van der Waals surface area contributed by atoms with Gasteiger partial charge in [-0.2, -0.15) is 4.98 Å². The molecule has 1 amide bonds. The predicted octanol–water partition coefficient (Wildman–Crippen LogP) is 0.0575. The van der Waals surface area contributed by atoms with Crippen LogP contribution < -0.4 is 11.5 Å². The van der Waals surface area contributed by atoms with Crippen LogP contribution in [0.5, 0.6) is 0 Å². The molecule has 0 bridgehead atoms. The normalized spacial score (nSPS) is 13.6. The fourth-order valence-corrected chi connectivity index (χ4v) is 2.39. The molecule has 0 aliphatic carbocycles. The fourth-order valence-electron chi connectivity index (χ4n) is 1.35. The van der Waals surface area contributed by atoms with E-state index in [2.05, 4.69) is 4.98 Å². The van der Waals surface area contributed by atoms with Gasteiger partial charge in [0.2, 0.25) is 15.7 Å². The van der Waals surface area contributed by atoms with Gasteiger partial charge in [0.05, 0.1) is 0 Å². The Balaban J connectivity index is 2.58. The van der Waals surface area contributed by atoms with E-state index in [9.17, 15) is 13.2 Å². The number of nitrogens with zero attached hydrogens (tertiary/aromatic N) is 1. The maximum Gasteiger partial charge on any atom is 0.316 e. The number of nitrogens with two attached hydrogens (primary N) is 2. The molecule has 4 N–H and O–H groups in total. The SMILES string of the molecule is CC(C(N)=O)S(=O)(=O)c1nc2cc(N)ccc2o1. The molecule has 18 heavy (non-hydrogen) atoms. The summed E-state index contributed by atoms with van der Waals surface area (Å²) in [6, 6.07) is 4.54. The van der Waals surface area contributed by atoms with Gasteiger partial charge in [0, 0.05) is 5.69 Å². The monoisotopic (exact) mass is 269 g/mol. The number of oxazole rings is 1. The Labute approximate surface area is 103 Å². The third-order valence-electron chi connectivity index (χ3n) is 2.50. The quantitative estimate of drug-likeness (QED) is 0.758. The maximum atomic E-state index is 11.9. The number of primary amides is 1. The summed E-state index contributed by atoms with van der Waals surface area (Å²) in [6.07, 6.45) is 0. The summed E-state index contributed by atoms with van der Waals surface area (Å²) in [4.78, 5) is 14.7. The molecule has 1 aromatic carbocycles. The zero-order chi connectivity index (χ0) is 13.5. The average molecular weight is 269 g/mol. The summed E-state index contributed by atoms with van der Waals surface area (Å²) in [7, 11) is -4.01. The summed E-state index contributed by atoms with van der Waals surface area (Å²) in [6.45, 7) is 1.18. The van der Waals surface area contributed by atoms with Crippen molar-refractivity contribution in [1.82, 2.24) is 4.98 Å². The number of carbonyl (C=O) groups excluding carboxylic acids is 1. The van der Waals surface area contributed by atoms with Gasteiger partial charge in [-0.15, -0.1) is 0 Å². The number of carbonyl (C=O) groups is 1. The number of sulfone groups is 1. The molecule has 2 aromatic rings. The number of benzene rings is 1. The number of aromatic nitrogens is 1. The van der Waals surface area contributed by atoms with Crippen LogP contribution >= 0.6 is 0 Å². The molecule has 1 heterocycles. The van der Waals surface area contributed by atoms with Gasteiger partial charge >= 0.3 is 5.22 Å². The molecule has 96 valence electrons. The van der Waals surface area contributed by atoms with Crippen molar-refractivity contribution in [3.05, 3.63) is 18.2 Å². The van der Waals surface area contributed by atoms with Crippen molar-refractivity contribution in [2.75, 3.05) is 5.73 Å². The van der Waals surface area contributed by atoms with Gasteiger partial charge in [-0.3, -0.25) is 4.79 Å². The lowest BCUT2D eigenvalue weighted by atomic mass is 10.3. The molecule has 0 aliphatic heterocycles. The van der Waals surface area contributed by atoms with Gasteiger partial charge < -0.3 is 15.9 Å². The summed E-state index contributed by atoms with van der Waals surface area (Å²) in [5.41, 5.74) is 11.5. The van der Waals surface area contributed by atoms with Gasteiger partial charge in [0.15, 0.2) is 5.58 Å². The van der Waals surface area contributed by atoms with Crippen LogP contribution in [-0.2, 0) is 14.6 Å². The first-order chi connectivity index (χ1) is 8.32. The van der Waals surface area contributed by atoms with Crippen molar-refractivity contribution >= 4 is 32.5 Å². The van der Waals surface area contributed by atoms with E-state index in [0.29, 0.717) is 11.2 Å². The van der Waals surface area contributed by atoms with Crippen LogP contribution in [0.4, 0.5) is 5.69 Å². The second-order valence-electron chi connectivity index (χ2n) is 3.80. The molecule has 0 fully saturated rings. The van der Waals surface area contributed by atoms with E-state index in [4.69, 9.17) is 15.9 Å². The van der Waals surface area contributed by atoms with Crippen molar-refractivity contribution in [3.63, 3.8) is 0 Å². The minimum absolute atomic E-state index is 0.277. The van der Waals surface area contributed by atoms with E-state index in [-0.39, 0.29) is 5.58 Å². The Bertz CT molecular complexity index is 720. The highest BCUT2D eigenvalue weighted by Crippen LogP contribution is 2.23. The summed E-state index contributed by atoms with van der Waals surface area (Å²) >= 11 is 0. The Morgan fingerprint density at radius 3 is 2.72 bits per heavy atom. The maximum absolute atomic E-state index is 11.9. The highest BCUT2D eigenvalue weighted by molar-refractivity contribution is 7.92. The second-order valence-corrected chi connectivity index (χ2v) is 5.94. The number of hydrogen-bond acceptors (Lipinski definition) is 6. The molecule has 0 saturated carbocycles. The third kappa shape index (κ3) is 1.90. The molecule has 0 radical (unpaired) electrons. The predicted molar refractivity (Wildman–Crippen MR) is 64.3 cm³/mol. The van der Waals surface area contributed by atoms with E-state index in [0.717, 1.165) is 0 Å². The number of nitrogen functional groups attached to an aromatic ring is 1. The average Bonchev–Trinajstić information content (AvgIpc) is 2.71. The Morgan fingerprint density at radius 2 is 2.11 bits per heavy atom. The molecule has 7 nitrogen and oxygen atoms in total. The van der Waals surface area contributed by atoms with E-state index in [1.165, 1.54) is 19.1 Å². The molecule has 0 aliphatic rings. The van der Waals surface area contributed by atoms with Crippen LogP contribution in [0.15, 0.2) is 27.8 Å². The number of fused-ring (bicyclic) bond motifs is 1. The van der Waals surface area contributed by atoms with E-state index in [1.807, 2.05) is 0 Å². The van der Waals surface area contributed by atoms with Crippen molar-refractivity contribution in [3.8, 4) is 0 Å². The van der Waals surface area contributed by atoms with Gasteiger partial charge in [0.1, 0.15) is 10.8 Å². The largest absolute Gasteiger partial charge is 0.428 e. The molecule has 0 saturated heterocycles. The molecule has 8 heteroatoms. The van der Waals surface area contributed by atoms with Gasteiger partial charge in [-0.05, 0) is 25.1 Å². The minimum Gasteiger partial charge on any atom is -0.428 e. The Kier molecular flexibility index (Phi) is 2.74. The highest BCUT2D eigenvalue weighted by atomic mass is 32.2. The van der Waals surface area contributed by atoms with Crippen LogP contribution in [0.3, 0.4) is 0 Å².